The second-order valence-corrected chi connectivity index (χ2v) is 8.33. The molecular formula is C27H31F2N3O2S. The van der Waals surface area contributed by atoms with Crippen LogP contribution in [0.15, 0.2) is 76.9 Å². The Morgan fingerprint density at radius 2 is 1.94 bits per heavy atom. The van der Waals surface area contributed by atoms with Gasteiger partial charge in [-0.1, -0.05) is 62.5 Å². The van der Waals surface area contributed by atoms with Crippen LogP contribution >= 0.6 is 11.8 Å². The highest BCUT2D eigenvalue weighted by atomic mass is 32.2. The number of aromatic nitrogens is 3. The SMILES string of the molecule is C=C/C(=C\C)C(CCSc1nc(C)cc(-c2c[nH]c(=O)c(F)c2)n1)OCc1ccccc1F.CC. The van der Waals surface area contributed by atoms with Gasteiger partial charge in [0.15, 0.2) is 11.0 Å². The first kappa shape index (κ1) is 28.1. The third-order valence-corrected chi connectivity index (χ3v) is 5.82. The van der Waals surface area contributed by atoms with Crippen molar-refractivity contribution >= 4 is 11.8 Å². The first-order chi connectivity index (χ1) is 16.9. The van der Waals surface area contributed by atoms with Crippen molar-refractivity contribution in [2.45, 2.75) is 52.0 Å². The molecule has 35 heavy (non-hydrogen) atoms. The van der Waals surface area contributed by atoms with Gasteiger partial charge in [-0.3, -0.25) is 4.79 Å². The minimum atomic E-state index is -0.865. The molecule has 0 saturated heterocycles. The van der Waals surface area contributed by atoms with Crippen molar-refractivity contribution in [2.75, 3.05) is 5.75 Å². The van der Waals surface area contributed by atoms with Crippen molar-refractivity contribution in [3.05, 3.63) is 100 Å². The highest BCUT2D eigenvalue weighted by molar-refractivity contribution is 7.99. The fourth-order valence-corrected chi connectivity index (χ4v) is 4.09. The quantitative estimate of drug-likeness (QED) is 0.192. The zero-order chi connectivity index (χ0) is 25.8. The van der Waals surface area contributed by atoms with Gasteiger partial charge in [-0.2, -0.15) is 0 Å². The number of aromatic amines is 1. The Morgan fingerprint density at radius 3 is 2.60 bits per heavy atom. The van der Waals surface area contributed by atoms with Gasteiger partial charge in [-0.15, -0.1) is 0 Å². The van der Waals surface area contributed by atoms with Crippen LogP contribution in [0.25, 0.3) is 11.3 Å². The van der Waals surface area contributed by atoms with E-state index in [0.717, 1.165) is 17.3 Å². The molecule has 0 aliphatic heterocycles. The maximum Gasteiger partial charge on any atom is 0.283 e. The molecule has 186 valence electrons. The molecule has 5 nitrogen and oxygen atoms in total. The number of thioether (sulfide) groups is 1. The Kier molecular flexibility index (Phi) is 11.5. The number of hydrogen-bond donors (Lipinski definition) is 1. The molecule has 0 bridgehead atoms. The van der Waals surface area contributed by atoms with Gasteiger partial charge in [-0.05, 0) is 44.0 Å². The Morgan fingerprint density at radius 1 is 1.20 bits per heavy atom. The topological polar surface area (TPSA) is 67.9 Å². The van der Waals surface area contributed by atoms with Crippen molar-refractivity contribution < 1.29 is 13.5 Å². The minimum Gasteiger partial charge on any atom is -0.369 e. The molecule has 0 saturated carbocycles. The molecule has 1 unspecified atom stereocenters. The summed E-state index contributed by atoms with van der Waals surface area (Å²) in [6.45, 7) is 11.7. The van der Waals surface area contributed by atoms with Crippen LogP contribution in [0.4, 0.5) is 8.78 Å². The number of nitrogens with zero attached hydrogens (tertiary/aromatic N) is 2. The van der Waals surface area contributed by atoms with Crippen LogP contribution in [-0.4, -0.2) is 26.8 Å². The summed E-state index contributed by atoms with van der Waals surface area (Å²) in [5.41, 5.74) is 2.35. The number of ether oxygens (including phenoxy) is 1. The van der Waals surface area contributed by atoms with Gasteiger partial charge >= 0.3 is 0 Å². The van der Waals surface area contributed by atoms with Crippen LogP contribution in [0.2, 0.25) is 0 Å². The third-order valence-electron chi connectivity index (χ3n) is 4.94. The largest absolute Gasteiger partial charge is 0.369 e. The molecule has 1 N–H and O–H groups in total. The van der Waals surface area contributed by atoms with E-state index in [9.17, 15) is 13.6 Å². The number of nitrogens with one attached hydrogen (secondary N) is 1. The van der Waals surface area contributed by atoms with Gasteiger partial charge in [0.2, 0.25) is 0 Å². The monoisotopic (exact) mass is 499 g/mol. The summed E-state index contributed by atoms with van der Waals surface area (Å²) in [5, 5.41) is 0.532. The summed E-state index contributed by atoms with van der Waals surface area (Å²) < 4.78 is 33.7. The molecule has 8 heteroatoms. The third kappa shape index (κ3) is 8.26. The number of H-pyrrole nitrogens is 1. The van der Waals surface area contributed by atoms with E-state index in [-0.39, 0.29) is 18.5 Å². The molecule has 1 aromatic carbocycles. The van der Waals surface area contributed by atoms with Gasteiger partial charge in [0.25, 0.3) is 5.56 Å². The highest BCUT2D eigenvalue weighted by Crippen LogP contribution is 2.24. The normalized spacial score (nSPS) is 12.0. The molecule has 3 aromatic rings. The summed E-state index contributed by atoms with van der Waals surface area (Å²) in [5.74, 6) is -0.530. The molecule has 0 spiro atoms. The summed E-state index contributed by atoms with van der Waals surface area (Å²) in [6, 6.07) is 9.42. The van der Waals surface area contributed by atoms with Crippen molar-refractivity contribution in [3.8, 4) is 11.3 Å². The molecule has 0 radical (unpaired) electrons. The number of halogens is 2. The molecule has 0 aliphatic rings. The lowest BCUT2D eigenvalue weighted by Gasteiger charge is -2.19. The van der Waals surface area contributed by atoms with E-state index in [1.807, 2.05) is 33.8 Å². The van der Waals surface area contributed by atoms with E-state index in [1.54, 1.807) is 30.3 Å². The highest BCUT2D eigenvalue weighted by Gasteiger charge is 2.15. The van der Waals surface area contributed by atoms with Gasteiger partial charge in [0.1, 0.15) is 5.82 Å². The summed E-state index contributed by atoms with van der Waals surface area (Å²) in [6.07, 6.45) is 5.46. The van der Waals surface area contributed by atoms with E-state index in [1.165, 1.54) is 24.0 Å². The van der Waals surface area contributed by atoms with Crippen LogP contribution in [0.1, 0.15) is 38.4 Å². The van der Waals surface area contributed by atoms with E-state index < -0.39 is 11.4 Å². The molecule has 0 aliphatic carbocycles. The predicted octanol–water partition coefficient (Wildman–Crippen LogP) is 6.64. The van der Waals surface area contributed by atoms with Crippen LogP contribution in [-0.2, 0) is 11.3 Å². The van der Waals surface area contributed by atoms with Gasteiger partial charge in [-0.25, -0.2) is 18.7 Å². The lowest BCUT2D eigenvalue weighted by molar-refractivity contribution is 0.0632. The van der Waals surface area contributed by atoms with Crippen molar-refractivity contribution in [2.24, 2.45) is 0 Å². The Balaban J connectivity index is 0.00000210. The lowest BCUT2D eigenvalue weighted by Crippen LogP contribution is -2.16. The van der Waals surface area contributed by atoms with E-state index in [4.69, 9.17) is 4.74 Å². The molecule has 2 aromatic heterocycles. The minimum absolute atomic E-state index is 0.149. The number of benzene rings is 1. The number of rotatable bonds is 10. The second kappa shape index (κ2) is 14.3. The van der Waals surface area contributed by atoms with E-state index in [0.29, 0.717) is 34.2 Å². The van der Waals surface area contributed by atoms with Crippen molar-refractivity contribution in [3.63, 3.8) is 0 Å². The zero-order valence-electron chi connectivity index (χ0n) is 20.5. The first-order valence-corrected chi connectivity index (χ1v) is 12.4. The van der Waals surface area contributed by atoms with E-state index >= 15 is 0 Å². The van der Waals surface area contributed by atoms with Crippen LogP contribution < -0.4 is 5.56 Å². The molecule has 1 atom stereocenters. The Bertz CT molecular complexity index is 1210. The number of allylic oxidation sites excluding steroid dienone is 1. The Labute approximate surface area is 209 Å². The van der Waals surface area contributed by atoms with E-state index in [2.05, 4.69) is 21.5 Å². The summed E-state index contributed by atoms with van der Waals surface area (Å²) in [4.78, 5) is 22.6. The predicted molar refractivity (Wildman–Crippen MR) is 138 cm³/mol. The number of hydrogen-bond acceptors (Lipinski definition) is 5. The second-order valence-electron chi connectivity index (χ2n) is 7.26. The molecule has 3 rings (SSSR count). The smallest absolute Gasteiger partial charge is 0.283 e. The van der Waals surface area contributed by atoms with Crippen LogP contribution in [0.5, 0.6) is 0 Å². The number of aryl methyl sites for hydroxylation is 1. The molecule has 0 fully saturated rings. The maximum absolute atomic E-state index is 14.0. The standard InChI is InChI=1S/C25H25F2N3O2S.C2H6/c1-4-17(5-2)23(32-15-18-8-6-7-9-20(18)26)10-11-33-25-29-16(3)12-22(30-25)19-13-21(27)24(31)28-14-19;1-2/h4-9,12-14,23H,1,10-11,15H2,2-3H3,(H,28,31);1-2H3/b17-5+;. The van der Waals surface area contributed by atoms with Crippen LogP contribution in [0.3, 0.4) is 0 Å². The average Bonchev–Trinajstić information content (AvgIpc) is 2.86. The molecular weight excluding hydrogens is 468 g/mol. The number of pyridine rings is 1. The fraction of sp³-hybridized carbons (Fsp3) is 0.296. The van der Waals surface area contributed by atoms with Gasteiger partial charge < -0.3 is 9.72 Å². The maximum atomic E-state index is 14.0. The van der Waals surface area contributed by atoms with Crippen molar-refractivity contribution in [1.29, 1.82) is 0 Å². The Hall–Kier alpha value is -3.10. The fourth-order valence-electron chi connectivity index (χ4n) is 3.20. The molecule has 2 heterocycles. The summed E-state index contributed by atoms with van der Waals surface area (Å²) >= 11 is 1.44. The first-order valence-electron chi connectivity index (χ1n) is 11.4. The average molecular weight is 500 g/mol. The lowest BCUT2D eigenvalue weighted by atomic mass is 10.1. The van der Waals surface area contributed by atoms with Gasteiger partial charge in [0, 0.05) is 28.8 Å². The zero-order valence-corrected chi connectivity index (χ0v) is 21.3. The molecule has 0 amide bonds. The van der Waals surface area contributed by atoms with Gasteiger partial charge in [0.05, 0.1) is 18.4 Å². The summed E-state index contributed by atoms with van der Waals surface area (Å²) in [7, 11) is 0. The van der Waals surface area contributed by atoms with Crippen molar-refractivity contribution in [1.82, 2.24) is 15.0 Å². The van der Waals surface area contributed by atoms with Crippen LogP contribution in [0, 0.1) is 18.6 Å².